The zero-order valence-electron chi connectivity index (χ0n) is 17.8. The van der Waals surface area contributed by atoms with Crippen LogP contribution in [0, 0.1) is 0 Å². The molecule has 3 aliphatic rings. The van der Waals surface area contributed by atoms with Gasteiger partial charge in [0.25, 0.3) is 0 Å². The zero-order valence-corrected chi connectivity index (χ0v) is 17.8. The summed E-state index contributed by atoms with van der Waals surface area (Å²) in [6, 6.07) is 17.2. The second kappa shape index (κ2) is 7.97. The van der Waals surface area contributed by atoms with Gasteiger partial charge in [-0.05, 0) is 38.1 Å². The standard InChI is InChI=1S/C24H24O8/c1-23(2)31-19-18(17-13-27-17)29-22(30-21(26)16-11-7-4-8-12-16)24(19,32-23)14-28-20(25)15-9-5-3-6-10-15/h3-12,17-19,22H,13-14H2,1-2H3/t17-,18-,19+,22?,24+/m1/s1. The van der Waals surface area contributed by atoms with Gasteiger partial charge < -0.3 is 28.4 Å². The van der Waals surface area contributed by atoms with Crippen LogP contribution in [0.1, 0.15) is 34.6 Å². The molecule has 0 bridgehead atoms. The summed E-state index contributed by atoms with van der Waals surface area (Å²) < 4.78 is 35.3. The second-order valence-electron chi connectivity index (χ2n) is 8.51. The van der Waals surface area contributed by atoms with Crippen LogP contribution in [-0.2, 0) is 28.4 Å². The Morgan fingerprint density at radius 2 is 1.56 bits per heavy atom. The minimum absolute atomic E-state index is 0.206. The van der Waals surface area contributed by atoms with E-state index in [4.69, 9.17) is 28.4 Å². The first-order valence-electron chi connectivity index (χ1n) is 10.5. The normalized spacial score (nSPS) is 32.2. The number of carbonyl (C=O) groups is 2. The van der Waals surface area contributed by atoms with Crippen molar-refractivity contribution in [2.75, 3.05) is 13.2 Å². The van der Waals surface area contributed by atoms with Crippen LogP contribution in [0.15, 0.2) is 60.7 Å². The Morgan fingerprint density at radius 1 is 0.969 bits per heavy atom. The molecule has 0 aromatic heterocycles. The lowest BCUT2D eigenvalue weighted by atomic mass is 9.94. The summed E-state index contributed by atoms with van der Waals surface area (Å²) in [5.41, 5.74) is -0.569. The van der Waals surface area contributed by atoms with Crippen LogP contribution in [-0.4, -0.2) is 61.1 Å². The number of hydrogen-bond acceptors (Lipinski definition) is 8. The molecule has 3 heterocycles. The summed E-state index contributed by atoms with van der Waals surface area (Å²) in [5, 5.41) is 0. The Balaban J connectivity index is 1.42. The molecule has 8 heteroatoms. The number of rotatable bonds is 6. The molecule has 2 aromatic carbocycles. The van der Waals surface area contributed by atoms with Crippen LogP contribution in [0.2, 0.25) is 0 Å². The van der Waals surface area contributed by atoms with Crippen LogP contribution in [0.4, 0.5) is 0 Å². The van der Waals surface area contributed by atoms with Gasteiger partial charge in [-0.2, -0.15) is 0 Å². The van der Waals surface area contributed by atoms with Crippen molar-refractivity contribution in [3.8, 4) is 0 Å². The molecule has 5 atom stereocenters. The second-order valence-corrected chi connectivity index (χ2v) is 8.51. The van der Waals surface area contributed by atoms with Crippen molar-refractivity contribution in [2.45, 2.75) is 49.8 Å². The molecule has 0 radical (unpaired) electrons. The Hall–Kier alpha value is -2.78. The Labute approximate surface area is 185 Å². The molecule has 3 fully saturated rings. The quantitative estimate of drug-likeness (QED) is 0.500. The first-order valence-corrected chi connectivity index (χ1v) is 10.5. The van der Waals surface area contributed by atoms with Crippen LogP contribution in [0.25, 0.3) is 0 Å². The van der Waals surface area contributed by atoms with E-state index >= 15 is 0 Å². The lowest BCUT2D eigenvalue weighted by Crippen LogP contribution is -2.53. The monoisotopic (exact) mass is 440 g/mol. The van der Waals surface area contributed by atoms with Crippen molar-refractivity contribution < 1.29 is 38.0 Å². The molecule has 1 unspecified atom stereocenters. The van der Waals surface area contributed by atoms with Crippen molar-refractivity contribution in [2.24, 2.45) is 0 Å². The number of epoxide rings is 1. The molecule has 8 nitrogen and oxygen atoms in total. The van der Waals surface area contributed by atoms with Crippen molar-refractivity contribution in [3.05, 3.63) is 71.8 Å². The fraction of sp³-hybridized carbons (Fsp3) is 0.417. The minimum Gasteiger partial charge on any atom is -0.459 e. The van der Waals surface area contributed by atoms with E-state index in [-0.39, 0.29) is 12.7 Å². The molecule has 0 amide bonds. The van der Waals surface area contributed by atoms with E-state index < -0.39 is 41.8 Å². The average molecular weight is 440 g/mol. The maximum absolute atomic E-state index is 12.8. The first-order chi connectivity index (χ1) is 15.4. The highest BCUT2D eigenvalue weighted by molar-refractivity contribution is 5.90. The average Bonchev–Trinajstić information content (AvgIpc) is 3.55. The molecule has 2 aromatic rings. The summed E-state index contributed by atoms with van der Waals surface area (Å²) in [7, 11) is 0. The lowest BCUT2D eigenvalue weighted by Gasteiger charge is -2.31. The SMILES string of the molecule is CC1(C)O[C@H]2[C@@H]([C@H]3CO3)OC(OC(=O)c3ccccc3)[C@@]2(COC(=O)c2ccccc2)O1. The van der Waals surface area contributed by atoms with Gasteiger partial charge in [0, 0.05) is 0 Å². The summed E-state index contributed by atoms with van der Waals surface area (Å²) in [4.78, 5) is 25.4. The summed E-state index contributed by atoms with van der Waals surface area (Å²) in [6.45, 7) is 3.80. The number of ether oxygens (including phenoxy) is 6. The van der Waals surface area contributed by atoms with E-state index in [9.17, 15) is 9.59 Å². The van der Waals surface area contributed by atoms with E-state index in [0.29, 0.717) is 17.7 Å². The Morgan fingerprint density at radius 3 is 2.16 bits per heavy atom. The molecule has 0 N–H and O–H groups in total. The molecule has 0 aliphatic carbocycles. The number of carbonyl (C=O) groups excluding carboxylic acids is 2. The van der Waals surface area contributed by atoms with Crippen molar-refractivity contribution in [1.29, 1.82) is 0 Å². The van der Waals surface area contributed by atoms with E-state index in [0.717, 1.165) is 0 Å². The fourth-order valence-electron chi connectivity index (χ4n) is 4.21. The predicted octanol–water partition coefficient (Wildman–Crippen LogP) is 2.71. The van der Waals surface area contributed by atoms with E-state index in [2.05, 4.69) is 0 Å². The van der Waals surface area contributed by atoms with Gasteiger partial charge in [0.1, 0.15) is 24.9 Å². The van der Waals surface area contributed by atoms with Gasteiger partial charge >= 0.3 is 11.9 Å². The fourth-order valence-corrected chi connectivity index (χ4v) is 4.21. The topological polar surface area (TPSA) is 92.8 Å². The third kappa shape index (κ3) is 3.91. The van der Waals surface area contributed by atoms with E-state index in [1.165, 1.54) is 0 Å². The van der Waals surface area contributed by atoms with Crippen molar-refractivity contribution in [1.82, 2.24) is 0 Å². The van der Waals surface area contributed by atoms with E-state index in [1.807, 2.05) is 6.07 Å². The summed E-state index contributed by atoms with van der Waals surface area (Å²) in [6.07, 6.45) is -2.54. The highest BCUT2D eigenvalue weighted by atomic mass is 16.8. The maximum atomic E-state index is 12.8. The molecule has 0 saturated carbocycles. The van der Waals surface area contributed by atoms with Crippen LogP contribution < -0.4 is 0 Å². The van der Waals surface area contributed by atoms with Crippen LogP contribution in [0.3, 0.4) is 0 Å². The molecule has 0 spiro atoms. The van der Waals surface area contributed by atoms with Gasteiger partial charge in [-0.25, -0.2) is 9.59 Å². The minimum atomic E-state index is -1.34. The molecule has 3 aliphatic heterocycles. The molecular formula is C24H24O8. The maximum Gasteiger partial charge on any atom is 0.340 e. The van der Waals surface area contributed by atoms with Crippen molar-refractivity contribution >= 4 is 11.9 Å². The van der Waals surface area contributed by atoms with Crippen LogP contribution >= 0.6 is 0 Å². The van der Waals surface area contributed by atoms with Gasteiger partial charge in [-0.1, -0.05) is 36.4 Å². The molecule has 5 rings (SSSR count). The number of fused-ring (bicyclic) bond motifs is 1. The largest absolute Gasteiger partial charge is 0.459 e. The highest BCUT2D eigenvalue weighted by Gasteiger charge is 2.71. The lowest BCUT2D eigenvalue weighted by molar-refractivity contribution is -0.252. The summed E-state index contributed by atoms with van der Waals surface area (Å²) in [5.74, 6) is -2.10. The zero-order chi connectivity index (χ0) is 22.3. The predicted molar refractivity (Wildman–Crippen MR) is 110 cm³/mol. The van der Waals surface area contributed by atoms with Crippen molar-refractivity contribution in [3.63, 3.8) is 0 Å². The summed E-state index contributed by atoms with van der Waals surface area (Å²) >= 11 is 0. The third-order valence-electron chi connectivity index (χ3n) is 5.69. The van der Waals surface area contributed by atoms with Crippen LogP contribution in [0.5, 0.6) is 0 Å². The van der Waals surface area contributed by atoms with Gasteiger partial charge in [0.2, 0.25) is 6.29 Å². The van der Waals surface area contributed by atoms with Gasteiger partial charge in [0.05, 0.1) is 17.7 Å². The number of esters is 2. The van der Waals surface area contributed by atoms with Gasteiger partial charge in [0.15, 0.2) is 11.4 Å². The number of benzene rings is 2. The Kier molecular flexibility index (Phi) is 5.25. The van der Waals surface area contributed by atoms with Gasteiger partial charge in [-0.15, -0.1) is 0 Å². The molecule has 32 heavy (non-hydrogen) atoms. The van der Waals surface area contributed by atoms with Gasteiger partial charge in [-0.3, -0.25) is 0 Å². The molecule has 3 saturated heterocycles. The highest BCUT2D eigenvalue weighted by Crippen LogP contribution is 2.50. The molecular weight excluding hydrogens is 416 g/mol. The Bertz CT molecular complexity index is 988. The first kappa shape index (κ1) is 21.1. The number of hydrogen-bond donors (Lipinski definition) is 0. The third-order valence-corrected chi connectivity index (χ3v) is 5.69. The van der Waals surface area contributed by atoms with E-state index in [1.54, 1.807) is 68.4 Å². The molecule has 168 valence electrons. The smallest absolute Gasteiger partial charge is 0.340 e.